The van der Waals surface area contributed by atoms with Crippen LogP contribution in [0.1, 0.15) is 50.2 Å². The Hall–Kier alpha value is -2.39. The number of halogens is 1. The quantitative estimate of drug-likeness (QED) is 0.464. The fraction of sp³-hybridized carbons (Fsp3) is 0.462. The molecule has 2 aromatic rings. The third-order valence-electron chi connectivity index (χ3n) is 6.36. The van der Waals surface area contributed by atoms with E-state index in [1.54, 1.807) is 24.3 Å². The van der Waals surface area contributed by atoms with E-state index in [1.165, 1.54) is 4.90 Å². The Morgan fingerprint density at radius 3 is 2.29 bits per heavy atom. The van der Waals surface area contributed by atoms with E-state index in [2.05, 4.69) is 21.2 Å². The van der Waals surface area contributed by atoms with Gasteiger partial charge in [-0.1, -0.05) is 61.7 Å². The monoisotopic (exact) mass is 563 g/mol. The van der Waals surface area contributed by atoms with Crippen molar-refractivity contribution in [1.29, 1.82) is 0 Å². The van der Waals surface area contributed by atoms with Crippen LogP contribution in [-0.2, 0) is 26.2 Å². The van der Waals surface area contributed by atoms with Crippen LogP contribution in [0, 0.1) is 6.92 Å². The fourth-order valence-corrected chi connectivity index (χ4v) is 5.90. The zero-order chi connectivity index (χ0) is 25.6. The number of para-hydroxylation sites is 1. The zero-order valence-corrected chi connectivity index (χ0v) is 22.9. The van der Waals surface area contributed by atoms with Gasteiger partial charge in [0.2, 0.25) is 21.8 Å². The van der Waals surface area contributed by atoms with Crippen molar-refractivity contribution in [2.75, 3.05) is 17.1 Å². The third-order valence-corrected chi connectivity index (χ3v) is 8.16. The number of carbonyl (C=O) groups excluding carboxylic acids is 2. The molecule has 1 aliphatic carbocycles. The molecule has 190 valence electrons. The van der Waals surface area contributed by atoms with Crippen molar-refractivity contribution in [2.24, 2.45) is 0 Å². The highest BCUT2D eigenvalue weighted by Gasteiger charge is 2.33. The third kappa shape index (κ3) is 7.30. The summed E-state index contributed by atoms with van der Waals surface area (Å²) in [7, 11) is -3.76. The first-order chi connectivity index (χ1) is 16.6. The Kier molecular flexibility index (Phi) is 9.35. The molecule has 2 aromatic carbocycles. The number of nitrogens with zero attached hydrogens (tertiary/aromatic N) is 2. The molecule has 1 aliphatic rings. The molecular formula is C26H34BrN3O4S. The lowest BCUT2D eigenvalue weighted by atomic mass is 10.1. The largest absolute Gasteiger partial charge is 0.352 e. The highest BCUT2D eigenvalue weighted by molar-refractivity contribution is 9.10. The fourth-order valence-electron chi connectivity index (χ4n) is 4.43. The Morgan fingerprint density at radius 2 is 1.71 bits per heavy atom. The molecule has 0 spiro atoms. The SMILES string of the molecule is CC[C@H](C(=O)NC1CCCC1)N(Cc1ccc(C)cc1)C(=O)CN(c1ccccc1Br)S(C)(=O)=O. The molecule has 0 heterocycles. The van der Waals surface area contributed by atoms with Gasteiger partial charge in [0.1, 0.15) is 12.6 Å². The van der Waals surface area contributed by atoms with Crippen molar-refractivity contribution in [3.05, 3.63) is 64.1 Å². The van der Waals surface area contributed by atoms with E-state index >= 15 is 0 Å². The van der Waals surface area contributed by atoms with Gasteiger partial charge in [-0.3, -0.25) is 13.9 Å². The summed E-state index contributed by atoms with van der Waals surface area (Å²) in [5, 5.41) is 3.11. The van der Waals surface area contributed by atoms with Gasteiger partial charge in [0, 0.05) is 17.1 Å². The molecular weight excluding hydrogens is 530 g/mol. The molecule has 9 heteroatoms. The average molecular weight is 565 g/mol. The number of hydrogen-bond donors (Lipinski definition) is 1. The van der Waals surface area contributed by atoms with Gasteiger partial charge in [-0.15, -0.1) is 0 Å². The highest BCUT2D eigenvalue weighted by atomic mass is 79.9. The molecule has 1 fully saturated rings. The van der Waals surface area contributed by atoms with Crippen molar-refractivity contribution < 1.29 is 18.0 Å². The maximum Gasteiger partial charge on any atom is 0.244 e. The van der Waals surface area contributed by atoms with Crippen LogP contribution in [0.15, 0.2) is 53.0 Å². The zero-order valence-electron chi connectivity index (χ0n) is 20.5. The Labute approximate surface area is 217 Å². The summed E-state index contributed by atoms with van der Waals surface area (Å²) in [5.41, 5.74) is 2.35. The van der Waals surface area contributed by atoms with Crippen molar-refractivity contribution in [1.82, 2.24) is 10.2 Å². The number of anilines is 1. The number of amides is 2. The minimum absolute atomic E-state index is 0.126. The maximum atomic E-state index is 13.7. The first-order valence-electron chi connectivity index (χ1n) is 12.0. The second-order valence-electron chi connectivity index (χ2n) is 9.14. The molecule has 0 saturated heterocycles. The van der Waals surface area contributed by atoms with Gasteiger partial charge >= 0.3 is 0 Å². The number of nitrogens with one attached hydrogen (secondary N) is 1. The molecule has 0 unspecified atom stereocenters. The van der Waals surface area contributed by atoms with E-state index < -0.39 is 28.5 Å². The molecule has 2 amide bonds. The van der Waals surface area contributed by atoms with Crippen LogP contribution < -0.4 is 9.62 Å². The summed E-state index contributed by atoms with van der Waals surface area (Å²) >= 11 is 3.40. The number of benzene rings is 2. The summed E-state index contributed by atoms with van der Waals surface area (Å²) in [6.45, 7) is 3.67. The lowest BCUT2D eigenvalue weighted by Crippen LogP contribution is -2.53. The number of hydrogen-bond acceptors (Lipinski definition) is 4. The Morgan fingerprint density at radius 1 is 1.09 bits per heavy atom. The van der Waals surface area contributed by atoms with Gasteiger partial charge < -0.3 is 10.2 Å². The highest BCUT2D eigenvalue weighted by Crippen LogP contribution is 2.28. The lowest BCUT2D eigenvalue weighted by molar-refractivity contribution is -0.140. The standard InChI is InChI=1S/C26H34BrN3O4S/c1-4-23(26(32)28-21-9-5-6-10-21)29(17-20-15-13-19(2)14-16-20)25(31)18-30(35(3,33)34)24-12-8-7-11-22(24)27/h7-8,11-16,21,23H,4-6,9-10,17-18H2,1-3H3,(H,28,32)/t23-/m1/s1. The Balaban J connectivity index is 1.92. The first-order valence-corrected chi connectivity index (χ1v) is 14.6. The van der Waals surface area contributed by atoms with E-state index in [0.29, 0.717) is 16.6 Å². The van der Waals surface area contributed by atoms with Crippen LogP contribution in [0.4, 0.5) is 5.69 Å². The van der Waals surface area contributed by atoms with E-state index in [-0.39, 0.29) is 18.5 Å². The summed E-state index contributed by atoms with van der Waals surface area (Å²) < 4.78 is 27.0. The van der Waals surface area contributed by atoms with Gasteiger partial charge in [0.05, 0.1) is 11.9 Å². The number of carbonyl (C=O) groups is 2. The summed E-state index contributed by atoms with van der Waals surface area (Å²) in [6.07, 6.45) is 5.56. The van der Waals surface area contributed by atoms with E-state index in [0.717, 1.165) is 47.4 Å². The van der Waals surface area contributed by atoms with E-state index in [1.807, 2.05) is 38.1 Å². The van der Waals surface area contributed by atoms with Crippen LogP contribution in [-0.4, -0.2) is 50.0 Å². The van der Waals surface area contributed by atoms with Crippen LogP contribution in [0.3, 0.4) is 0 Å². The second-order valence-corrected chi connectivity index (χ2v) is 11.9. The van der Waals surface area contributed by atoms with Gasteiger partial charge in [0.25, 0.3) is 0 Å². The first kappa shape index (κ1) is 27.2. The van der Waals surface area contributed by atoms with Gasteiger partial charge in [-0.25, -0.2) is 8.42 Å². The minimum atomic E-state index is -3.76. The predicted octanol–water partition coefficient (Wildman–Crippen LogP) is 4.39. The molecule has 0 aromatic heterocycles. The smallest absolute Gasteiger partial charge is 0.244 e. The van der Waals surface area contributed by atoms with Crippen molar-refractivity contribution in [2.45, 2.75) is 64.6 Å². The molecule has 0 bridgehead atoms. The van der Waals surface area contributed by atoms with Gasteiger partial charge in [-0.05, 0) is 59.8 Å². The van der Waals surface area contributed by atoms with Crippen LogP contribution in [0.5, 0.6) is 0 Å². The van der Waals surface area contributed by atoms with Crippen molar-refractivity contribution in [3.63, 3.8) is 0 Å². The van der Waals surface area contributed by atoms with Gasteiger partial charge in [-0.2, -0.15) is 0 Å². The number of rotatable bonds is 10. The topological polar surface area (TPSA) is 86.8 Å². The normalized spacial score (nSPS) is 15.0. The Bertz CT molecular complexity index is 1130. The lowest BCUT2D eigenvalue weighted by Gasteiger charge is -2.33. The average Bonchev–Trinajstić information content (AvgIpc) is 3.31. The molecule has 3 rings (SSSR count). The molecule has 1 saturated carbocycles. The molecule has 35 heavy (non-hydrogen) atoms. The van der Waals surface area contributed by atoms with Crippen LogP contribution in [0.2, 0.25) is 0 Å². The summed E-state index contributed by atoms with van der Waals surface area (Å²) in [6, 6.07) is 14.1. The van der Waals surface area contributed by atoms with Gasteiger partial charge in [0.15, 0.2) is 0 Å². The summed E-state index contributed by atoms with van der Waals surface area (Å²) in [5.74, 6) is -0.619. The molecule has 0 radical (unpaired) electrons. The van der Waals surface area contributed by atoms with E-state index in [9.17, 15) is 18.0 Å². The van der Waals surface area contributed by atoms with Crippen molar-refractivity contribution >= 4 is 43.5 Å². The van der Waals surface area contributed by atoms with E-state index in [4.69, 9.17) is 0 Å². The molecule has 7 nitrogen and oxygen atoms in total. The molecule has 1 N–H and O–H groups in total. The number of aryl methyl sites for hydroxylation is 1. The number of sulfonamides is 1. The predicted molar refractivity (Wildman–Crippen MR) is 143 cm³/mol. The second kappa shape index (κ2) is 12.0. The maximum absolute atomic E-state index is 13.7. The molecule has 1 atom stereocenters. The van der Waals surface area contributed by atoms with Crippen LogP contribution in [0.25, 0.3) is 0 Å². The minimum Gasteiger partial charge on any atom is -0.352 e. The van der Waals surface area contributed by atoms with Crippen LogP contribution >= 0.6 is 15.9 Å². The molecule has 0 aliphatic heterocycles. The summed E-state index contributed by atoms with van der Waals surface area (Å²) in [4.78, 5) is 28.5. The van der Waals surface area contributed by atoms with Crippen molar-refractivity contribution in [3.8, 4) is 0 Å².